The third-order valence-electron chi connectivity index (χ3n) is 2.79. The Labute approximate surface area is 110 Å². The van der Waals surface area contributed by atoms with E-state index in [0.717, 1.165) is 16.9 Å². The first-order valence-corrected chi connectivity index (χ1v) is 6.35. The van der Waals surface area contributed by atoms with E-state index < -0.39 is 0 Å². The van der Waals surface area contributed by atoms with Gasteiger partial charge in [-0.1, -0.05) is 0 Å². The third-order valence-corrected chi connectivity index (χ3v) is 2.98. The van der Waals surface area contributed by atoms with Crippen LogP contribution in [0.3, 0.4) is 0 Å². The summed E-state index contributed by atoms with van der Waals surface area (Å²) in [6, 6.07) is 1.91. The normalized spacial score (nSPS) is 10.8. The van der Waals surface area contributed by atoms with Gasteiger partial charge in [-0.2, -0.15) is 0 Å². The minimum Gasteiger partial charge on any atom is -0.359 e. The van der Waals surface area contributed by atoms with Gasteiger partial charge in [-0.05, 0) is 6.07 Å². The topological polar surface area (TPSA) is 59.8 Å². The Morgan fingerprint density at radius 1 is 1.56 bits per heavy atom. The van der Waals surface area contributed by atoms with Gasteiger partial charge in [0.15, 0.2) is 0 Å². The highest BCUT2D eigenvalue weighted by molar-refractivity contribution is 6.17. The summed E-state index contributed by atoms with van der Waals surface area (Å²) in [5, 5.41) is 2.62. The summed E-state index contributed by atoms with van der Waals surface area (Å²) in [6.45, 7) is 0.604. The standard InChI is InChI=1S/C12H15ClN4O/c1-14-12(18)4-7-17-10-3-6-15-8-9(10)16-11(17)2-5-13/h3,6,8H,2,4-5,7H2,1H3,(H,14,18). The zero-order chi connectivity index (χ0) is 13.0. The average Bonchev–Trinajstić information content (AvgIpc) is 2.74. The van der Waals surface area contributed by atoms with Crippen molar-refractivity contribution in [1.29, 1.82) is 0 Å². The van der Waals surface area contributed by atoms with Gasteiger partial charge in [0.1, 0.15) is 11.3 Å². The van der Waals surface area contributed by atoms with Crippen molar-refractivity contribution in [2.45, 2.75) is 19.4 Å². The Bertz CT molecular complexity index is 552. The second-order valence-corrected chi connectivity index (χ2v) is 4.28. The molecule has 0 unspecified atom stereocenters. The molecule has 2 rings (SSSR count). The zero-order valence-electron chi connectivity index (χ0n) is 10.2. The number of rotatable bonds is 5. The van der Waals surface area contributed by atoms with E-state index in [1.807, 2.05) is 10.6 Å². The van der Waals surface area contributed by atoms with Crippen LogP contribution < -0.4 is 5.32 Å². The van der Waals surface area contributed by atoms with Gasteiger partial charge in [0, 0.05) is 38.5 Å². The van der Waals surface area contributed by atoms with Crippen molar-refractivity contribution in [3.05, 3.63) is 24.3 Å². The maximum absolute atomic E-state index is 11.3. The van der Waals surface area contributed by atoms with Crippen LogP contribution in [-0.2, 0) is 17.8 Å². The van der Waals surface area contributed by atoms with E-state index >= 15 is 0 Å². The lowest BCUT2D eigenvalue weighted by Gasteiger charge is -2.07. The molecule has 2 aromatic heterocycles. The molecule has 0 fully saturated rings. The van der Waals surface area contributed by atoms with Gasteiger partial charge in [-0.25, -0.2) is 4.98 Å². The average molecular weight is 267 g/mol. The molecule has 0 aliphatic heterocycles. The Balaban J connectivity index is 2.32. The Hall–Kier alpha value is -1.62. The second kappa shape index (κ2) is 5.82. The molecule has 2 aromatic rings. The molecule has 0 aromatic carbocycles. The number of carbonyl (C=O) groups excluding carboxylic acids is 1. The summed E-state index contributed by atoms with van der Waals surface area (Å²) in [7, 11) is 1.64. The monoisotopic (exact) mass is 266 g/mol. The molecule has 6 heteroatoms. The van der Waals surface area contributed by atoms with E-state index in [1.165, 1.54) is 0 Å². The van der Waals surface area contributed by atoms with E-state index in [1.54, 1.807) is 19.4 Å². The number of alkyl halides is 1. The van der Waals surface area contributed by atoms with Crippen molar-refractivity contribution in [2.24, 2.45) is 0 Å². The molecule has 96 valence electrons. The smallest absolute Gasteiger partial charge is 0.221 e. The quantitative estimate of drug-likeness (QED) is 0.831. The van der Waals surface area contributed by atoms with Gasteiger partial charge in [0.25, 0.3) is 0 Å². The summed E-state index contributed by atoms with van der Waals surface area (Å²) in [5.41, 5.74) is 1.84. The van der Waals surface area contributed by atoms with Crippen molar-refractivity contribution in [3.63, 3.8) is 0 Å². The number of nitrogens with one attached hydrogen (secondary N) is 1. The van der Waals surface area contributed by atoms with Gasteiger partial charge >= 0.3 is 0 Å². The molecule has 1 amide bonds. The fourth-order valence-corrected chi connectivity index (χ4v) is 2.06. The van der Waals surface area contributed by atoms with Crippen LogP contribution in [0.25, 0.3) is 11.0 Å². The number of nitrogens with zero attached hydrogens (tertiary/aromatic N) is 3. The van der Waals surface area contributed by atoms with Crippen molar-refractivity contribution in [1.82, 2.24) is 19.9 Å². The second-order valence-electron chi connectivity index (χ2n) is 3.91. The molecule has 0 aliphatic rings. The highest BCUT2D eigenvalue weighted by atomic mass is 35.5. The molecular formula is C12H15ClN4O. The first-order chi connectivity index (χ1) is 8.76. The van der Waals surface area contributed by atoms with Gasteiger partial charge < -0.3 is 9.88 Å². The number of carbonyl (C=O) groups is 1. The van der Waals surface area contributed by atoms with Crippen molar-refractivity contribution < 1.29 is 4.79 Å². The van der Waals surface area contributed by atoms with Gasteiger partial charge in [-0.3, -0.25) is 9.78 Å². The molecule has 1 N–H and O–H groups in total. The molecular weight excluding hydrogens is 252 g/mol. The van der Waals surface area contributed by atoms with Gasteiger partial charge in [0.2, 0.25) is 5.91 Å². The van der Waals surface area contributed by atoms with Crippen molar-refractivity contribution in [3.8, 4) is 0 Å². The lowest BCUT2D eigenvalue weighted by molar-refractivity contribution is -0.120. The van der Waals surface area contributed by atoms with E-state index in [2.05, 4.69) is 15.3 Å². The number of pyridine rings is 1. The third kappa shape index (κ3) is 2.61. The summed E-state index contributed by atoms with van der Waals surface area (Å²) < 4.78 is 2.04. The molecule has 0 radical (unpaired) electrons. The van der Waals surface area contributed by atoms with E-state index in [4.69, 9.17) is 11.6 Å². The Morgan fingerprint density at radius 2 is 2.39 bits per heavy atom. The molecule has 0 bridgehead atoms. The van der Waals surface area contributed by atoms with Crippen LogP contribution in [0.5, 0.6) is 0 Å². The Kier molecular flexibility index (Phi) is 4.15. The number of hydrogen-bond donors (Lipinski definition) is 1. The maximum atomic E-state index is 11.3. The molecule has 5 nitrogen and oxygen atoms in total. The number of fused-ring (bicyclic) bond motifs is 1. The van der Waals surface area contributed by atoms with Crippen LogP contribution >= 0.6 is 11.6 Å². The lowest BCUT2D eigenvalue weighted by Crippen LogP contribution is -2.20. The fraction of sp³-hybridized carbons (Fsp3) is 0.417. The molecule has 0 atom stereocenters. The molecule has 0 aliphatic carbocycles. The van der Waals surface area contributed by atoms with Crippen LogP contribution in [0.15, 0.2) is 18.5 Å². The van der Waals surface area contributed by atoms with Crippen LogP contribution in [-0.4, -0.2) is 33.4 Å². The first-order valence-electron chi connectivity index (χ1n) is 5.82. The van der Waals surface area contributed by atoms with Gasteiger partial charge in [0.05, 0.1) is 11.7 Å². The summed E-state index contributed by atoms with van der Waals surface area (Å²) in [4.78, 5) is 19.9. The Morgan fingerprint density at radius 3 is 3.11 bits per heavy atom. The number of imidazole rings is 1. The lowest BCUT2D eigenvalue weighted by atomic mass is 10.3. The molecule has 18 heavy (non-hydrogen) atoms. The van der Waals surface area contributed by atoms with E-state index in [0.29, 0.717) is 25.3 Å². The van der Waals surface area contributed by atoms with Crippen LogP contribution in [0, 0.1) is 0 Å². The van der Waals surface area contributed by atoms with Crippen molar-refractivity contribution >= 4 is 28.5 Å². The minimum atomic E-state index is 0.0164. The van der Waals surface area contributed by atoms with Gasteiger partial charge in [-0.15, -0.1) is 11.6 Å². The van der Waals surface area contributed by atoms with Crippen LogP contribution in [0.2, 0.25) is 0 Å². The molecule has 2 heterocycles. The maximum Gasteiger partial charge on any atom is 0.221 e. The number of hydrogen-bond acceptors (Lipinski definition) is 3. The number of halogens is 1. The highest BCUT2D eigenvalue weighted by Crippen LogP contribution is 2.16. The molecule has 0 saturated carbocycles. The fourth-order valence-electron chi connectivity index (χ4n) is 1.89. The zero-order valence-corrected chi connectivity index (χ0v) is 10.9. The first kappa shape index (κ1) is 12.8. The number of aromatic nitrogens is 3. The van der Waals surface area contributed by atoms with Crippen LogP contribution in [0.4, 0.5) is 0 Å². The SMILES string of the molecule is CNC(=O)CCn1c(CCCl)nc2cnccc21. The van der Waals surface area contributed by atoms with Crippen LogP contribution in [0.1, 0.15) is 12.2 Å². The summed E-state index contributed by atoms with van der Waals surface area (Å²) >= 11 is 5.78. The summed E-state index contributed by atoms with van der Waals surface area (Å²) in [5.74, 6) is 1.43. The predicted octanol–water partition coefficient (Wildman–Crippen LogP) is 1.35. The predicted molar refractivity (Wildman–Crippen MR) is 70.6 cm³/mol. The van der Waals surface area contributed by atoms with E-state index in [9.17, 15) is 4.79 Å². The number of amides is 1. The van der Waals surface area contributed by atoms with E-state index in [-0.39, 0.29) is 5.91 Å². The molecule has 0 spiro atoms. The minimum absolute atomic E-state index is 0.0164. The summed E-state index contributed by atoms with van der Waals surface area (Å²) in [6.07, 6.45) is 4.57. The highest BCUT2D eigenvalue weighted by Gasteiger charge is 2.11. The largest absolute Gasteiger partial charge is 0.359 e. The number of aryl methyl sites for hydroxylation is 2. The van der Waals surface area contributed by atoms with Crippen molar-refractivity contribution in [2.75, 3.05) is 12.9 Å². The molecule has 0 saturated heterocycles.